The average molecular weight is 337 g/mol. The minimum Gasteiger partial charge on any atom is -0.322 e. The molecular formula is C18H19N5O2. The van der Waals surface area contributed by atoms with Crippen molar-refractivity contribution >= 4 is 11.6 Å². The van der Waals surface area contributed by atoms with Crippen LogP contribution in [0, 0.1) is 6.92 Å². The van der Waals surface area contributed by atoms with E-state index in [1.165, 1.54) is 12.3 Å². The second-order valence-corrected chi connectivity index (χ2v) is 5.74. The Morgan fingerprint density at radius 1 is 1.32 bits per heavy atom. The van der Waals surface area contributed by atoms with Gasteiger partial charge < -0.3 is 10.3 Å². The summed E-state index contributed by atoms with van der Waals surface area (Å²) < 4.78 is 1.65. The summed E-state index contributed by atoms with van der Waals surface area (Å²) in [4.78, 5) is 31.3. The third kappa shape index (κ3) is 3.50. The van der Waals surface area contributed by atoms with E-state index in [9.17, 15) is 9.59 Å². The van der Waals surface area contributed by atoms with Gasteiger partial charge in [-0.1, -0.05) is 19.1 Å². The van der Waals surface area contributed by atoms with Crippen molar-refractivity contribution in [1.29, 1.82) is 0 Å². The maximum atomic E-state index is 12.4. The molecule has 0 saturated carbocycles. The van der Waals surface area contributed by atoms with Gasteiger partial charge in [-0.2, -0.15) is 5.10 Å². The van der Waals surface area contributed by atoms with Gasteiger partial charge in [-0.05, 0) is 25.5 Å². The molecule has 0 radical (unpaired) electrons. The van der Waals surface area contributed by atoms with E-state index in [1.54, 1.807) is 29.9 Å². The molecule has 0 unspecified atom stereocenters. The second kappa shape index (κ2) is 6.72. The Morgan fingerprint density at radius 3 is 2.80 bits per heavy atom. The summed E-state index contributed by atoms with van der Waals surface area (Å²) in [6.07, 6.45) is 2.21. The first kappa shape index (κ1) is 16.6. The molecule has 0 aliphatic rings. The minimum atomic E-state index is -0.230. The van der Waals surface area contributed by atoms with E-state index in [0.29, 0.717) is 23.5 Å². The molecule has 7 nitrogen and oxygen atoms in total. The van der Waals surface area contributed by atoms with Crippen LogP contribution in [0.4, 0.5) is 5.69 Å². The highest BCUT2D eigenvalue weighted by Gasteiger charge is 2.13. The van der Waals surface area contributed by atoms with Crippen LogP contribution in [0.15, 0.2) is 41.3 Å². The fourth-order valence-corrected chi connectivity index (χ4v) is 2.49. The Kier molecular flexibility index (Phi) is 4.47. The summed E-state index contributed by atoms with van der Waals surface area (Å²) in [5.41, 5.74) is 3.19. The molecule has 25 heavy (non-hydrogen) atoms. The van der Waals surface area contributed by atoms with Gasteiger partial charge >= 0.3 is 0 Å². The van der Waals surface area contributed by atoms with Gasteiger partial charge in [-0.15, -0.1) is 0 Å². The van der Waals surface area contributed by atoms with Crippen molar-refractivity contribution in [1.82, 2.24) is 19.7 Å². The summed E-state index contributed by atoms with van der Waals surface area (Å²) in [7, 11) is 1.79. The van der Waals surface area contributed by atoms with Crippen molar-refractivity contribution in [3.05, 3.63) is 63.8 Å². The first-order valence-electron chi connectivity index (χ1n) is 7.98. The van der Waals surface area contributed by atoms with Gasteiger partial charge in [0.2, 0.25) is 0 Å². The molecule has 2 heterocycles. The van der Waals surface area contributed by atoms with Crippen molar-refractivity contribution in [2.24, 2.45) is 7.05 Å². The standard InChI is InChI=1S/C18H19N5O2/c1-4-13-9-16(24)22-17(20-13)12-6-5-7-14(8-12)21-18(25)15-10-19-23(3)11(15)2/h5-10H,4H2,1-3H3,(H,21,25)(H,20,22,24). The number of amides is 1. The number of aromatic nitrogens is 4. The lowest BCUT2D eigenvalue weighted by Gasteiger charge is -2.08. The molecular weight excluding hydrogens is 318 g/mol. The Labute approximate surface area is 144 Å². The van der Waals surface area contributed by atoms with Crippen LogP contribution in [-0.4, -0.2) is 25.7 Å². The predicted molar refractivity (Wildman–Crippen MR) is 95.6 cm³/mol. The van der Waals surface area contributed by atoms with Gasteiger partial charge in [0.05, 0.1) is 11.8 Å². The molecule has 3 aromatic rings. The van der Waals surface area contributed by atoms with Gasteiger partial charge in [-0.3, -0.25) is 14.3 Å². The number of nitrogens with zero attached hydrogens (tertiary/aromatic N) is 3. The smallest absolute Gasteiger partial charge is 0.259 e. The van der Waals surface area contributed by atoms with Gasteiger partial charge in [0, 0.05) is 35.8 Å². The van der Waals surface area contributed by atoms with E-state index < -0.39 is 0 Å². The number of aryl methyl sites for hydroxylation is 2. The topological polar surface area (TPSA) is 92.7 Å². The Bertz CT molecular complexity index is 987. The number of benzene rings is 1. The molecule has 0 aliphatic carbocycles. The largest absolute Gasteiger partial charge is 0.322 e. The number of hydrogen-bond donors (Lipinski definition) is 2. The highest BCUT2D eigenvalue weighted by Crippen LogP contribution is 2.20. The molecule has 0 atom stereocenters. The average Bonchev–Trinajstić information content (AvgIpc) is 2.94. The third-order valence-corrected chi connectivity index (χ3v) is 4.03. The molecule has 0 fully saturated rings. The lowest BCUT2D eigenvalue weighted by Crippen LogP contribution is -2.13. The lowest BCUT2D eigenvalue weighted by atomic mass is 10.1. The number of carbonyl (C=O) groups excluding carboxylic acids is 1. The number of hydrogen-bond acceptors (Lipinski definition) is 4. The summed E-state index contributed by atoms with van der Waals surface area (Å²) in [6, 6.07) is 8.69. The summed E-state index contributed by atoms with van der Waals surface area (Å²) in [5.74, 6) is 0.254. The summed E-state index contributed by atoms with van der Waals surface area (Å²) in [5, 5.41) is 6.93. The molecule has 0 bridgehead atoms. The second-order valence-electron chi connectivity index (χ2n) is 5.74. The number of aromatic amines is 1. The Hall–Kier alpha value is -3.22. The molecule has 1 aromatic carbocycles. The maximum absolute atomic E-state index is 12.4. The molecule has 7 heteroatoms. The number of anilines is 1. The van der Waals surface area contributed by atoms with Gasteiger partial charge in [0.25, 0.3) is 11.5 Å². The van der Waals surface area contributed by atoms with E-state index in [0.717, 1.165) is 17.0 Å². The number of carbonyl (C=O) groups is 1. The maximum Gasteiger partial charge on any atom is 0.259 e. The van der Waals surface area contributed by atoms with Crippen molar-refractivity contribution in [3.63, 3.8) is 0 Å². The molecule has 0 saturated heterocycles. The van der Waals surface area contributed by atoms with E-state index >= 15 is 0 Å². The number of rotatable bonds is 4. The molecule has 1 amide bonds. The molecule has 2 aromatic heterocycles. The lowest BCUT2D eigenvalue weighted by molar-refractivity contribution is 0.102. The number of nitrogens with one attached hydrogen (secondary N) is 2. The fraction of sp³-hybridized carbons (Fsp3) is 0.222. The van der Waals surface area contributed by atoms with E-state index in [1.807, 2.05) is 19.9 Å². The van der Waals surface area contributed by atoms with Crippen LogP contribution >= 0.6 is 0 Å². The highest BCUT2D eigenvalue weighted by atomic mass is 16.1. The first-order chi connectivity index (χ1) is 12.0. The van der Waals surface area contributed by atoms with E-state index in [2.05, 4.69) is 20.4 Å². The molecule has 128 valence electrons. The van der Waals surface area contributed by atoms with Crippen LogP contribution in [0.5, 0.6) is 0 Å². The van der Waals surface area contributed by atoms with Gasteiger partial charge in [0.1, 0.15) is 5.82 Å². The highest BCUT2D eigenvalue weighted by molar-refractivity contribution is 6.05. The molecule has 0 aliphatic heterocycles. The Morgan fingerprint density at radius 2 is 2.12 bits per heavy atom. The fourth-order valence-electron chi connectivity index (χ4n) is 2.49. The number of H-pyrrole nitrogens is 1. The minimum absolute atomic E-state index is 0.192. The zero-order valence-corrected chi connectivity index (χ0v) is 14.3. The SMILES string of the molecule is CCc1cc(=O)[nH]c(-c2cccc(NC(=O)c3cnn(C)c3C)c2)n1. The van der Waals surface area contributed by atoms with Crippen molar-refractivity contribution in [3.8, 4) is 11.4 Å². The van der Waals surface area contributed by atoms with Crippen LogP contribution in [-0.2, 0) is 13.5 Å². The van der Waals surface area contributed by atoms with Crippen molar-refractivity contribution in [2.45, 2.75) is 20.3 Å². The first-order valence-corrected chi connectivity index (χ1v) is 7.98. The zero-order chi connectivity index (χ0) is 18.0. The molecule has 2 N–H and O–H groups in total. The van der Waals surface area contributed by atoms with Crippen molar-refractivity contribution < 1.29 is 4.79 Å². The zero-order valence-electron chi connectivity index (χ0n) is 14.3. The molecule has 0 spiro atoms. The van der Waals surface area contributed by atoms with Gasteiger partial charge in [-0.25, -0.2) is 4.98 Å². The van der Waals surface area contributed by atoms with E-state index in [-0.39, 0.29) is 11.5 Å². The summed E-state index contributed by atoms with van der Waals surface area (Å²) in [6.45, 7) is 3.78. The van der Waals surface area contributed by atoms with Gasteiger partial charge in [0.15, 0.2) is 0 Å². The molecule has 3 rings (SSSR count). The quantitative estimate of drug-likeness (QED) is 0.764. The van der Waals surface area contributed by atoms with E-state index in [4.69, 9.17) is 0 Å². The van der Waals surface area contributed by atoms with Crippen LogP contribution in [0.3, 0.4) is 0 Å². The monoisotopic (exact) mass is 337 g/mol. The van der Waals surface area contributed by atoms with Crippen LogP contribution in [0.2, 0.25) is 0 Å². The third-order valence-electron chi connectivity index (χ3n) is 4.03. The predicted octanol–water partition coefficient (Wildman–Crippen LogP) is 2.29. The Balaban J connectivity index is 1.89. The van der Waals surface area contributed by atoms with Crippen LogP contribution < -0.4 is 10.9 Å². The summed E-state index contributed by atoms with van der Waals surface area (Å²) >= 11 is 0. The van der Waals surface area contributed by atoms with Crippen LogP contribution in [0.25, 0.3) is 11.4 Å². The van der Waals surface area contributed by atoms with Crippen molar-refractivity contribution in [2.75, 3.05) is 5.32 Å². The van der Waals surface area contributed by atoms with Crippen LogP contribution in [0.1, 0.15) is 28.7 Å². The normalized spacial score (nSPS) is 10.7.